The van der Waals surface area contributed by atoms with Crippen LogP contribution in [-0.2, 0) is 0 Å². The van der Waals surface area contributed by atoms with Crippen LogP contribution in [0, 0.1) is 5.92 Å². The maximum absolute atomic E-state index is 4.14. The van der Waals surface area contributed by atoms with Gasteiger partial charge in [-0.05, 0) is 25.2 Å². The molecule has 0 aliphatic heterocycles. The van der Waals surface area contributed by atoms with Gasteiger partial charge in [-0.25, -0.2) is 0 Å². The topological polar surface area (TPSA) is 0 Å². The van der Waals surface area contributed by atoms with Crippen molar-refractivity contribution < 1.29 is 0 Å². The summed E-state index contributed by atoms with van der Waals surface area (Å²) in [6, 6.07) is 0. The average molecular weight is 337 g/mol. The van der Waals surface area contributed by atoms with Crippen molar-refractivity contribution in [1.29, 1.82) is 0 Å². The van der Waals surface area contributed by atoms with Crippen LogP contribution < -0.4 is 0 Å². The Hall–Kier alpha value is -0.303. The van der Waals surface area contributed by atoms with E-state index in [9.17, 15) is 0 Å². The Morgan fingerprint density at radius 3 is 1.87 bits per heavy atom. The van der Waals surface area contributed by atoms with E-state index in [4.69, 9.17) is 0 Å². The molecule has 0 aromatic carbocycles. The predicted octanol–water partition coefficient (Wildman–Crippen LogP) is 8.31. The monoisotopic (exact) mass is 336 g/mol. The molecule has 0 radical (unpaired) electrons. The molecule has 0 saturated carbocycles. The predicted molar refractivity (Wildman–Crippen MR) is 112 cm³/mol. The Balaban J connectivity index is 4.40. The van der Waals surface area contributed by atoms with Gasteiger partial charge >= 0.3 is 0 Å². The van der Waals surface area contributed by atoms with Crippen molar-refractivity contribution in [2.45, 2.75) is 111 Å². The second-order valence-electron chi connectivity index (χ2n) is 8.29. The number of allylic oxidation sites excluding steroid dienone is 2. The molecule has 0 aliphatic rings. The average Bonchev–Trinajstić information content (AvgIpc) is 2.48. The van der Waals surface area contributed by atoms with Crippen molar-refractivity contribution in [3.05, 3.63) is 23.9 Å². The lowest BCUT2D eigenvalue weighted by Gasteiger charge is -2.21. The molecule has 0 heterocycles. The fourth-order valence-corrected chi connectivity index (χ4v) is 4.75. The summed E-state index contributed by atoms with van der Waals surface area (Å²) in [6.45, 7) is 16.1. The summed E-state index contributed by atoms with van der Waals surface area (Å²) in [5, 5.41) is 0. The van der Waals surface area contributed by atoms with Crippen LogP contribution in [0.25, 0.3) is 0 Å². The molecule has 0 nitrogen and oxygen atoms in total. The van der Waals surface area contributed by atoms with Gasteiger partial charge in [-0.1, -0.05) is 109 Å². The van der Waals surface area contributed by atoms with Gasteiger partial charge in [0.15, 0.2) is 0 Å². The van der Waals surface area contributed by atoms with E-state index in [1.54, 1.807) is 5.57 Å². The van der Waals surface area contributed by atoms with Gasteiger partial charge in [0.25, 0.3) is 0 Å². The second kappa shape index (κ2) is 14.1. The van der Waals surface area contributed by atoms with Crippen LogP contribution in [0.5, 0.6) is 0 Å². The van der Waals surface area contributed by atoms with E-state index in [0.29, 0.717) is 5.92 Å². The highest BCUT2D eigenvalue weighted by Crippen LogP contribution is 2.27. The van der Waals surface area contributed by atoms with Crippen LogP contribution in [0.4, 0.5) is 0 Å². The van der Waals surface area contributed by atoms with Crippen molar-refractivity contribution in [2.24, 2.45) is 5.92 Å². The molecule has 0 N–H and O–H groups in total. The van der Waals surface area contributed by atoms with E-state index in [1.165, 1.54) is 77.0 Å². The fourth-order valence-electron chi connectivity index (χ4n) is 3.28. The molecule has 23 heavy (non-hydrogen) atoms. The minimum atomic E-state index is -1.14. The van der Waals surface area contributed by atoms with Crippen LogP contribution in [-0.4, -0.2) is 8.07 Å². The lowest BCUT2D eigenvalue weighted by molar-refractivity contribution is 0.551. The first-order chi connectivity index (χ1) is 10.9. The molecule has 0 amide bonds. The standard InChI is InChI=1S/C22H44Si/c1-7-10-12-13-14-15-17-19-22(20-23(4,5)6)21(9-3)18-16-11-8-2/h9,20-21H,3,7-8,10-19H2,1-2,4-6H3/b22-20+. The smallest absolute Gasteiger partial charge is 0.0686 e. The van der Waals surface area contributed by atoms with Crippen LogP contribution in [0.2, 0.25) is 19.6 Å². The van der Waals surface area contributed by atoms with E-state index in [-0.39, 0.29) is 0 Å². The summed E-state index contributed by atoms with van der Waals surface area (Å²) in [6.07, 6.45) is 18.7. The minimum absolute atomic E-state index is 0.633. The first-order valence-electron chi connectivity index (χ1n) is 10.3. The van der Waals surface area contributed by atoms with Gasteiger partial charge in [-0.15, -0.1) is 6.58 Å². The molecule has 0 aromatic rings. The van der Waals surface area contributed by atoms with Crippen molar-refractivity contribution in [2.75, 3.05) is 0 Å². The highest BCUT2D eigenvalue weighted by Gasteiger charge is 2.16. The number of hydrogen-bond donors (Lipinski definition) is 0. The molecule has 0 rings (SSSR count). The van der Waals surface area contributed by atoms with Crippen molar-refractivity contribution in [1.82, 2.24) is 0 Å². The van der Waals surface area contributed by atoms with Crippen LogP contribution in [0.1, 0.15) is 90.9 Å². The molecule has 0 aromatic heterocycles. The van der Waals surface area contributed by atoms with Gasteiger partial charge in [-0.2, -0.15) is 0 Å². The number of rotatable bonds is 15. The maximum Gasteiger partial charge on any atom is 0.0686 e. The van der Waals surface area contributed by atoms with Gasteiger partial charge in [0.2, 0.25) is 0 Å². The molecule has 0 fully saturated rings. The summed E-state index contributed by atoms with van der Waals surface area (Å²) in [7, 11) is -1.14. The molecule has 0 aliphatic carbocycles. The second-order valence-corrected chi connectivity index (χ2v) is 13.3. The van der Waals surface area contributed by atoms with Crippen LogP contribution in [0.15, 0.2) is 23.9 Å². The lowest BCUT2D eigenvalue weighted by Crippen LogP contribution is -2.19. The number of hydrogen-bond acceptors (Lipinski definition) is 0. The minimum Gasteiger partial charge on any atom is -0.102 e. The first-order valence-corrected chi connectivity index (χ1v) is 13.9. The van der Waals surface area contributed by atoms with E-state index in [0.717, 1.165) is 0 Å². The highest BCUT2D eigenvalue weighted by atomic mass is 28.3. The first kappa shape index (κ1) is 22.7. The highest BCUT2D eigenvalue weighted by molar-refractivity contribution is 6.81. The van der Waals surface area contributed by atoms with Crippen LogP contribution >= 0.6 is 0 Å². The Morgan fingerprint density at radius 2 is 1.35 bits per heavy atom. The summed E-state index contributed by atoms with van der Waals surface area (Å²) in [5.41, 5.74) is 4.38. The van der Waals surface area contributed by atoms with Gasteiger partial charge in [-0.3, -0.25) is 0 Å². The normalized spacial score (nSPS) is 14.0. The molecule has 0 saturated heterocycles. The summed E-state index contributed by atoms with van der Waals surface area (Å²) in [4.78, 5) is 0. The van der Waals surface area contributed by atoms with Crippen LogP contribution in [0.3, 0.4) is 0 Å². The van der Waals surface area contributed by atoms with Gasteiger partial charge < -0.3 is 0 Å². The SMILES string of the molecule is C=CC(CCCCC)/C(=C/[Si](C)(C)C)CCCCCCCCC. The Labute approximate surface area is 148 Å². The third kappa shape index (κ3) is 13.8. The van der Waals surface area contributed by atoms with Crippen molar-refractivity contribution in [3.8, 4) is 0 Å². The van der Waals surface area contributed by atoms with E-state index in [1.807, 2.05) is 0 Å². The Kier molecular flexibility index (Phi) is 13.9. The molecule has 0 bridgehead atoms. The zero-order valence-corrected chi connectivity index (χ0v) is 17.9. The summed E-state index contributed by atoms with van der Waals surface area (Å²) < 4.78 is 0. The third-order valence-corrected chi connectivity index (χ3v) is 5.80. The lowest BCUT2D eigenvalue weighted by atomic mass is 9.90. The maximum atomic E-state index is 4.14. The Bertz CT molecular complexity index is 308. The molecular weight excluding hydrogens is 292 g/mol. The van der Waals surface area contributed by atoms with Gasteiger partial charge in [0.1, 0.15) is 0 Å². The number of unbranched alkanes of at least 4 members (excludes halogenated alkanes) is 8. The molecule has 1 unspecified atom stereocenters. The molecule has 0 spiro atoms. The fraction of sp³-hybridized carbons (Fsp3) is 0.818. The van der Waals surface area contributed by atoms with Crippen molar-refractivity contribution >= 4 is 8.07 Å². The summed E-state index contributed by atoms with van der Waals surface area (Å²) >= 11 is 0. The molecule has 1 heteroatoms. The molecule has 136 valence electrons. The quantitative estimate of drug-likeness (QED) is 0.160. The third-order valence-electron chi connectivity index (χ3n) is 4.57. The van der Waals surface area contributed by atoms with E-state index >= 15 is 0 Å². The van der Waals surface area contributed by atoms with Gasteiger partial charge in [0, 0.05) is 0 Å². The zero-order chi connectivity index (χ0) is 17.6. The Morgan fingerprint density at radius 1 is 0.826 bits per heavy atom. The molecular formula is C22H44Si. The summed E-state index contributed by atoms with van der Waals surface area (Å²) in [5.74, 6) is 0.633. The van der Waals surface area contributed by atoms with E-state index < -0.39 is 8.07 Å². The van der Waals surface area contributed by atoms with E-state index in [2.05, 4.69) is 51.8 Å². The van der Waals surface area contributed by atoms with Crippen molar-refractivity contribution in [3.63, 3.8) is 0 Å². The molecule has 1 atom stereocenters. The largest absolute Gasteiger partial charge is 0.102 e. The zero-order valence-electron chi connectivity index (χ0n) is 16.9. The van der Waals surface area contributed by atoms with Gasteiger partial charge in [0.05, 0.1) is 8.07 Å².